The Labute approximate surface area is 167 Å². The number of H-pyrrole nitrogens is 1. The highest BCUT2D eigenvalue weighted by atomic mass is 16.5. The predicted molar refractivity (Wildman–Crippen MR) is 104 cm³/mol. The van der Waals surface area contributed by atoms with Gasteiger partial charge in [-0.15, -0.1) is 0 Å². The van der Waals surface area contributed by atoms with Crippen LogP contribution in [0.4, 0.5) is 0 Å². The van der Waals surface area contributed by atoms with Crippen molar-refractivity contribution in [1.29, 1.82) is 0 Å². The Morgan fingerprint density at radius 3 is 2.28 bits per heavy atom. The fourth-order valence-corrected chi connectivity index (χ4v) is 3.17. The van der Waals surface area contributed by atoms with Gasteiger partial charge >= 0.3 is 5.97 Å². The van der Waals surface area contributed by atoms with Gasteiger partial charge in [0.25, 0.3) is 5.89 Å². The van der Waals surface area contributed by atoms with E-state index in [1.54, 1.807) is 45.0 Å². The molecule has 0 spiro atoms. The Kier molecular flexibility index (Phi) is 5.45. The molecule has 29 heavy (non-hydrogen) atoms. The molecule has 8 nitrogen and oxygen atoms in total. The zero-order valence-corrected chi connectivity index (χ0v) is 16.8. The van der Waals surface area contributed by atoms with E-state index in [4.69, 9.17) is 9.26 Å². The number of nitrogens with zero attached hydrogens (tertiary/aromatic N) is 2. The van der Waals surface area contributed by atoms with Crippen LogP contribution in [0.3, 0.4) is 0 Å². The minimum Gasteiger partial charge on any atom is -0.451 e. The first kappa shape index (κ1) is 20.2. The summed E-state index contributed by atoms with van der Waals surface area (Å²) in [6.45, 7) is 8.08. The highest BCUT2D eigenvalue weighted by molar-refractivity contribution is 6.05. The van der Waals surface area contributed by atoms with Gasteiger partial charge in [-0.2, -0.15) is 4.98 Å². The summed E-state index contributed by atoms with van der Waals surface area (Å²) in [5, 5.41) is 3.72. The largest absolute Gasteiger partial charge is 0.451 e. The van der Waals surface area contributed by atoms with Gasteiger partial charge in [-0.3, -0.25) is 9.59 Å². The summed E-state index contributed by atoms with van der Waals surface area (Å²) in [4.78, 5) is 43.9. The number of aromatic amines is 1. The molecule has 0 aliphatic heterocycles. The van der Waals surface area contributed by atoms with Gasteiger partial charge in [0.15, 0.2) is 17.7 Å². The highest BCUT2D eigenvalue weighted by Crippen LogP contribution is 2.21. The molecular formula is C21H21N3O5. The molecule has 2 heterocycles. The zero-order valence-electron chi connectivity index (χ0n) is 16.8. The normalized spacial score (nSPS) is 11.9. The molecule has 1 N–H and O–H groups in total. The predicted octanol–water partition coefficient (Wildman–Crippen LogP) is 3.62. The van der Waals surface area contributed by atoms with E-state index < -0.39 is 17.9 Å². The van der Waals surface area contributed by atoms with Crippen LogP contribution in [0.2, 0.25) is 0 Å². The molecule has 0 saturated heterocycles. The lowest BCUT2D eigenvalue weighted by Crippen LogP contribution is -2.25. The molecule has 3 aromatic rings. The van der Waals surface area contributed by atoms with Gasteiger partial charge in [0, 0.05) is 16.8 Å². The molecule has 2 aromatic heterocycles. The van der Waals surface area contributed by atoms with Crippen molar-refractivity contribution < 1.29 is 23.6 Å². The second-order valence-corrected chi connectivity index (χ2v) is 6.82. The van der Waals surface area contributed by atoms with Crippen LogP contribution >= 0.6 is 0 Å². The number of carbonyl (C=O) groups excluding carboxylic acids is 3. The van der Waals surface area contributed by atoms with Crippen LogP contribution in [-0.4, -0.2) is 38.8 Å². The number of aromatic nitrogens is 3. The van der Waals surface area contributed by atoms with Crippen molar-refractivity contribution in [1.82, 2.24) is 15.1 Å². The molecule has 1 aromatic carbocycles. The Balaban J connectivity index is 1.72. The standard InChI is InChI=1S/C21H21N3O5/c1-10-17(12(3)25)11(2)22-18(10)19(26)13(4)28-21(27)16-8-6-15(7-9-16)20-23-14(5)24-29-20/h6-9,13,22H,1-5H3. The van der Waals surface area contributed by atoms with Crippen LogP contribution in [0.15, 0.2) is 28.8 Å². The first-order chi connectivity index (χ1) is 13.7. The van der Waals surface area contributed by atoms with E-state index in [9.17, 15) is 14.4 Å². The average Bonchev–Trinajstić information content (AvgIpc) is 3.23. The Bertz CT molecular complexity index is 1090. The fraction of sp³-hybridized carbons (Fsp3) is 0.286. The minimum absolute atomic E-state index is 0.128. The number of Topliss-reactive ketones (excluding diaryl/α,β-unsaturated/α-hetero) is 2. The van der Waals surface area contributed by atoms with Crippen molar-refractivity contribution >= 4 is 17.5 Å². The molecular weight excluding hydrogens is 374 g/mol. The van der Waals surface area contributed by atoms with Crippen molar-refractivity contribution in [2.24, 2.45) is 0 Å². The minimum atomic E-state index is -1.02. The summed E-state index contributed by atoms with van der Waals surface area (Å²) in [5.74, 6) is -0.295. The number of esters is 1. The number of aryl methyl sites for hydroxylation is 2. The first-order valence-corrected chi connectivity index (χ1v) is 9.05. The molecule has 0 amide bonds. The maximum atomic E-state index is 12.7. The maximum absolute atomic E-state index is 12.7. The van der Waals surface area contributed by atoms with Crippen molar-refractivity contribution in [2.75, 3.05) is 0 Å². The number of hydrogen-bond donors (Lipinski definition) is 1. The molecule has 8 heteroatoms. The Morgan fingerprint density at radius 2 is 1.76 bits per heavy atom. The summed E-state index contributed by atoms with van der Waals surface area (Å²) in [6.07, 6.45) is -1.02. The monoisotopic (exact) mass is 395 g/mol. The molecule has 1 unspecified atom stereocenters. The number of ether oxygens (including phenoxy) is 1. The third kappa shape index (κ3) is 4.01. The van der Waals surface area contributed by atoms with Gasteiger partial charge in [-0.1, -0.05) is 5.16 Å². The van der Waals surface area contributed by atoms with Crippen molar-refractivity contribution in [2.45, 2.75) is 40.7 Å². The number of rotatable bonds is 6. The summed E-state index contributed by atoms with van der Waals surface area (Å²) < 4.78 is 10.4. The molecule has 1 atom stereocenters. The second kappa shape index (κ2) is 7.83. The van der Waals surface area contributed by atoms with Crippen LogP contribution < -0.4 is 0 Å². The summed E-state index contributed by atoms with van der Waals surface area (Å²) >= 11 is 0. The molecule has 0 radical (unpaired) electrons. The number of hydrogen-bond acceptors (Lipinski definition) is 7. The topological polar surface area (TPSA) is 115 Å². The Morgan fingerprint density at radius 1 is 1.10 bits per heavy atom. The van der Waals surface area contributed by atoms with E-state index in [-0.39, 0.29) is 17.0 Å². The van der Waals surface area contributed by atoms with Crippen LogP contribution in [0.25, 0.3) is 11.5 Å². The molecule has 3 rings (SSSR count). The average molecular weight is 395 g/mol. The van der Waals surface area contributed by atoms with Crippen LogP contribution in [0.1, 0.15) is 62.1 Å². The molecule has 0 fully saturated rings. The smallest absolute Gasteiger partial charge is 0.338 e. The number of carbonyl (C=O) groups is 3. The molecule has 150 valence electrons. The molecule has 0 saturated carbocycles. The lowest BCUT2D eigenvalue weighted by Gasteiger charge is -2.12. The van der Waals surface area contributed by atoms with Gasteiger partial charge < -0.3 is 14.2 Å². The van der Waals surface area contributed by atoms with Gasteiger partial charge in [0.2, 0.25) is 5.78 Å². The Hall–Kier alpha value is -3.55. The zero-order chi connectivity index (χ0) is 21.3. The fourth-order valence-electron chi connectivity index (χ4n) is 3.17. The van der Waals surface area contributed by atoms with Gasteiger partial charge in [-0.05, 0) is 64.4 Å². The van der Waals surface area contributed by atoms with Gasteiger partial charge in [0.1, 0.15) is 0 Å². The van der Waals surface area contributed by atoms with Crippen molar-refractivity contribution in [3.63, 3.8) is 0 Å². The number of benzene rings is 1. The van der Waals surface area contributed by atoms with Crippen LogP contribution in [0, 0.1) is 20.8 Å². The van der Waals surface area contributed by atoms with E-state index in [0.29, 0.717) is 34.1 Å². The first-order valence-electron chi connectivity index (χ1n) is 9.05. The van der Waals surface area contributed by atoms with Crippen molar-refractivity contribution in [3.05, 3.63) is 58.2 Å². The molecule has 0 aliphatic carbocycles. The van der Waals surface area contributed by atoms with E-state index >= 15 is 0 Å². The van der Waals surface area contributed by atoms with Gasteiger partial charge in [0.05, 0.1) is 11.3 Å². The maximum Gasteiger partial charge on any atom is 0.338 e. The number of ketones is 2. The lowest BCUT2D eigenvalue weighted by molar-refractivity contribution is 0.0317. The lowest BCUT2D eigenvalue weighted by atomic mass is 10.0. The van der Waals surface area contributed by atoms with E-state index in [1.165, 1.54) is 13.8 Å². The number of nitrogens with one attached hydrogen (secondary N) is 1. The van der Waals surface area contributed by atoms with E-state index in [0.717, 1.165) is 0 Å². The van der Waals surface area contributed by atoms with E-state index in [2.05, 4.69) is 15.1 Å². The van der Waals surface area contributed by atoms with Crippen LogP contribution in [-0.2, 0) is 4.74 Å². The second-order valence-electron chi connectivity index (χ2n) is 6.82. The SMILES string of the molecule is CC(=O)c1c(C)[nH]c(C(=O)C(C)OC(=O)c2ccc(-c3nc(C)no3)cc2)c1C. The quantitative estimate of drug-likeness (QED) is 0.500. The summed E-state index contributed by atoms with van der Waals surface area (Å²) in [5.41, 5.74) is 2.88. The summed E-state index contributed by atoms with van der Waals surface area (Å²) in [6, 6.07) is 6.44. The third-order valence-corrected chi connectivity index (χ3v) is 4.58. The van der Waals surface area contributed by atoms with E-state index in [1.807, 2.05) is 0 Å². The molecule has 0 bridgehead atoms. The third-order valence-electron chi connectivity index (χ3n) is 4.58. The highest BCUT2D eigenvalue weighted by Gasteiger charge is 2.26. The van der Waals surface area contributed by atoms with Gasteiger partial charge in [-0.25, -0.2) is 4.79 Å². The molecule has 0 aliphatic rings. The van der Waals surface area contributed by atoms with Crippen molar-refractivity contribution in [3.8, 4) is 11.5 Å². The summed E-state index contributed by atoms with van der Waals surface area (Å²) in [7, 11) is 0. The van der Waals surface area contributed by atoms with Crippen LogP contribution in [0.5, 0.6) is 0 Å².